The van der Waals surface area contributed by atoms with Gasteiger partial charge in [-0.2, -0.15) is 0 Å². The van der Waals surface area contributed by atoms with Crippen LogP contribution in [-0.2, 0) is 6.54 Å². The first-order valence-electron chi connectivity index (χ1n) is 8.80. The molecule has 2 aromatic carbocycles. The van der Waals surface area contributed by atoms with Crippen molar-refractivity contribution in [2.24, 2.45) is 0 Å². The van der Waals surface area contributed by atoms with Crippen molar-refractivity contribution in [2.75, 3.05) is 13.7 Å². The summed E-state index contributed by atoms with van der Waals surface area (Å²) in [6.07, 6.45) is 0.904. The summed E-state index contributed by atoms with van der Waals surface area (Å²) >= 11 is 0. The van der Waals surface area contributed by atoms with Gasteiger partial charge in [-0.05, 0) is 49.2 Å². The van der Waals surface area contributed by atoms with Gasteiger partial charge in [0.05, 0.1) is 13.7 Å². The molecule has 0 saturated heterocycles. The molecule has 6 heteroatoms. The summed E-state index contributed by atoms with van der Waals surface area (Å²) in [5.41, 5.74) is 1.96. The molecule has 0 atom stereocenters. The normalized spacial score (nSPS) is 10.8. The minimum absolute atomic E-state index is 0.186. The van der Waals surface area contributed by atoms with Crippen LogP contribution in [0.15, 0.2) is 40.8 Å². The van der Waals surface area contributed by atoms with Gasteiger partial charge < -0.3 is 19.2 Å². The predicted molar refractivity (Wildman–Crippen MR) is 101 cm³/mol. The van der Waals surface area contributed by atoms with E-state index in [0.717, 1.165) is 12.0 Å². The second kappa shape index (κ2) is 8.12. The van der Waals surface area contributed by atoms with E-state index in [-0.39, 0.29) is 17.5 Å². The number of fused-ring (bicyclic) bond motifs is 1. The number of amides is 1. The molecule has 142 valence electrons. The molecule has 1 aromatic heterocycles. The fourth-order valence-corrected chi connectivity index (χ4v) is 2.83. The van der Waals surface area contributed by atoms with Crippen molar-refractivity contribution in [1.29, 1.82) is 0 Å². The lowest BCUT2D eigenvalue weighted by atomic mass is 10.1. The Morgan fingerprint density at radius 1 is 1.19 bits per heavy atom. The van der Waals surface area contributed by atoms with Crippen molar-refractivity contribution in [1.82, 2.24) is 5.32 Å². The zero-order valence-corrected chi connectivity index (χ0v) is 15.6. The monoisotopic (exact) mass is 371 g/mol. The smallest absolute Gasteiger partial charge is 0.287 e. The number of halogens is 1. The molecule has 0 fully saturated rings. The predicted octanol–water partition coefficient (Wildman–Crippen LogP) is 4.61. The third kappa shape index (κ3) is 4.05. The quantitative estimate of drug-likeness (QED) is 0.659. The molecule has 0 aliphatic rings. The van der Waals surface area contributed by atoms with E-state index in [1.165, 1.54) is 18.2 Å². The number of benzene rings is 2. The number of furan rings is 1. The maximum absolute atomic E-state index is 13.4. The van der Waals surface area contributed by atoms with E-state index in [0.29, 0.717) is 41.2 Å². The Hall–Kier alpha value is -3.02. The second-order valence-electron chi connectivity index (χ2n) is 6.21. The van der Waals surface area contributed by atoms with E-state index in [4.69, 9.17) is 13.9 Å². The number of carbonyl (C=O) groups is 1. The van der Waals surface area contributed by atoms with Gasteiger partial charge >= 0.3 is 0 Å². The van der Waals surface area contributed by atoms with E-state index in [2.05, 4.69) is 5.32 Å². The van der Waals surface area contributed by atoms with Gasteiger partial charge in [-0.15, -0.1) is 0 Å². The molecule has 27 heavy (non-hydrogen) atoms. The highest BCUT2D eigenvalue weighted by molar-refractivity contribution is 5.98. The number of aryl methyl sites for hydroxylation is 1. The average molecular weight is 371 g/mol. The maximum Gasteiger partial charge on any atom is 0.287 e. The summed E-state index contributed by atoms with van der Waals surface area (Å²) in [5.74, 6) is 0.755. The van der Waals surface area contributed by atoms with Gasteiger partial charge in [0.25, 0.3) is 5.91 Å². The molecule has 5 nitrogen and oxygen atoms in total. The summed E-state index contributed by atoms with van der Waals surface area (Å²) in [5, 5.41) is 3.42. The first-order valence-corrected chi connectivity index (χ1v) is 8.80. The molecular weight excluding hydrogens is 349 g/mol. The lowest BCUT2D eigenvalue weighted by molar-refractivity contribution is 0.0924. The highest BCUT2D eigenvalue weighted by Crippen LogP contribution is 2.29. The van der Waals surface area contributed by atoms with E-state index >= 15 is 0 Å². The van der Waals surface area contributed by atoms with Crippen LogP contribution in [0.5, 0.6) is 11.5 Å². The van der Waals surface area contributed by atoms with Crippen LogP contribution in [0, 0.1) is 12.7 Å². The van der Waals surface area contributed by atoms with Gasteiger partial charge in [0.15, 0.2) is 17.3 Å². The summed E-state index contributed by atoms with van der Waals surface area (Å²) in [4.78, 5) is 12.5. The van der Waals surface area contributed by atoms with Gasteiger partial charge in [-0.3, -0.25) is 4.79 Å². The molecule has 0 radical (unpaired) electrons. The summed E-state index contributed by atoms with van der Waals surface area (Å²) in [6.45, 7) is 4.68. The number of hydrogen-bond acceptors (Lipinski definition) is 4. The molecule has 3 aromatic rings. The molecule has 0 aliphatic heterocycles. The van der Waals surface area contributed by atoms with Crippen molar-refractivity contribution >= 4 is 16.9 Å². The summed E-state index contributed by atoms with van der Waals surface area (Å²) < 4.78 is 30.0. The van der Waals surface area contributed by atoms with Crippen LogP contribution >= 0.6 is 0 Å². The highest BCUT2D eigenvalue weighted by Gasteiger charge is 2.18. The Morgan fingerprint density at radius 3 is 2.74 bits per heavy atom. The first-order chi connectivity index (χ1) is 13.0. The molecule has 0 unspecified atom stereocenters. The third-order valence-electron chi connectivity index (χ3n) is 4.25. The number of hydrogen-bond donors (Lipinski definition) is 1. The maximum atomic E-state index is 13.4. The highest BCUT2D eigenvalue weighted by atomic mass is 19.1. The van der Waals surface area contributed by atoms with Crippen LogP contribution in [0.4, 0.5) is 4.39 Å². The molecule has 0 aliphatic carbocycles. The standard InChI is InChI=1S/C21H22FNO4/c1-4-9-26-18-7-5-14(10-19(18)25-3)12-23-21(24)20-13(2)16-11-15(22)6-8-17(16)27-20/h5-8,10-11H,4,9,12H2,1-3H3,(H,23,24). The molecule has 0 bridgehead atoms. The zero-order valence-electron chi connectivity index (χ0n) is 15.6. The minimum Gasteiger partial charge on any atom is -0.493 e. The van der Waals surface area contributed by atoms with Gasteiger partial charge in [-0.25, -0.2) is 4.39 Å². The van der Waals surface area contributed by atoms with E-state index in [1.807, 2.05) is 25.1 Å². The SMILES string of the molecule is CCCOc1ccc(CNC(=O)c2oc3ccc(F)cc3c2C)cc1OC. The van der Waals surface area contributed by atoms with E-state index < -0.39 is 0 Å². The van der Waals surface area contributed by atoms with Gasteiger partial charge in [0.2, 0.25) is 0 Å². The average Bonchev–Trinajstić information content (AvgIpc) is 3.01. The van der Waals surface area contributed by atoms with Crippen LogP contribution in [0.2, 0.25) is 0 Å². The van der Waals surface area contributed by atoms with Crippen LogP contribution < -0.4 is 14.8 Å². The third-order valence-corrected chi connectivity index (χ3v) is 4.25. The molecule has 0 saturated carbocycles. The molecule has 3 rings (SSSR count). The molecule has 1 amide bonds. The van der Waals surface area contributed by atoms with Crippen LogP contribution in [0.3, 0.4) is 0 Å². The van der Waals surface area contributed by atoms with Crippen molar-refractivity contribution < 1.29 is 23.1 Å². The van der Waals surface area contributed by atoms with Crippen LogP contribution in [-0.4, -0.2) is 19.6 Å². The summed E-state index contributed by atoms with van der Waals surface area (Å²) in [7, 11) is 1.58. The van der Waals surface area contributed by atoms with Gasteiger partial charge in [-0.1, -0.05) is 13.0 Å². The minimum atomic E-state index is -0.365. The Kier molecular flexibility index (Phi) is 5.64. The van der Waals surface area contributed by atoms with Crippen LogP contribution in [0.1, 0.15) is 35.0 Å². The fraction of sp³-hybridized carbons (Fsp3) is 0.286. The Morgan fingerprint density at radius 2 is 2.00 bits per heavy atom. The fourth-order valence-electron chi connectivity index (χ4n) is 2.83. The molecule has 0 spiro atoms. The largest absolute Gasteiger partial charge is 0.493 e. The Balaban J connectivity index is 1.73. The van der Waals surface area contributed by atoms with Gasteiger partial charge in [0, 0.05) is 17.5 Å². The number of nitrogens with one attached hydrogen (secondary N) is 1. The van der Waals surface area contributed by atoms with Crippen molar-refractivity contribution in [3.63, 3.8) is 0 Å². The second-order valence-corrected chi connectivity index (χ2v) is 6.21. The van der Waals surface area contributed by atoms with E-state index in [9.17, 15) is 9.18 Å². The molecule has 1 N–H and O–H groups in total. The van der Waals surface area contributed by atoms with Crippen molar-refractivity contribution in [3.8, 4) is 11.5 Å². The number of ether oxygens (including phenoxy) is 2. The van der Waals surface area contributed by atoms with Gasteiger partial charge in [0.1, 0.15) is 11.4 Å². The lowest BCUT2D eigenvalue weighted by Crippen LogP contribution is -2.23. The lowest BCUT2D eigenvalue weighted by Gasteiger charge is -2.12. The van der Waals surface area contributed by atoms with Crippen molar-refractivity contribution in [3.05, 3.63) is 59.1 Å². The van der Waals surface area contributed by atoms with E-state index in [1.54, 1.807) is 14.0 Å². The molecule has 1 heterocycles. The van der Waals surface area contributed by atoms with Crippen LogP contribution in [0.25, 0.3) is 11.0 Å². The summed E-state index contributed by atoms with van der Waals surface area (Å²) in [6, 6.07) is 9.71. The number of rotatable bonds is 7. The molecular formula is C21H22FNO4. The Bertz CT molecular complexity index is 964. The Labute approximate surface area is 157 Å². The zero-order chi connectivity index (χ0) is 19.4. The first kappa shape index (κ1) is 18.8. The number of methoxy groups -OCH3 is 1. The number of carbonyl (C=O) groups excluding carboxylic acids is 1. The van der Waals surface area contributed by atoms with Crippen molar-refractivity contribution in [2.45, 2.75) is 26.8 Å². The topological polar surface area (TPSA) is 60.7 Å².